The molecule has 0 unspecified atom stereocenters. The van der Waals surface area contributed by atoms with Gasteiger partial charge in [0.05, 0.1) is 6.54 Å². The molecule has 0 saturated carbocycles. The lowest BCUT2D eigenvalue weighted by molar-refractivity contribution is 0.0527. The van der Waals surface area contributed by atoms with E-state index in [1.807, 2.05) is 4.90 Å². The minimum Gasteiger partial charge on any atom is -0.472 e. The van der Waals surface area contributed by atoms with Crippen LogP contribution in [0.2, 0.25) is 0 Å². The number of aromatic nitrogens is 3. The summed E-state index contributed by atoms with van der Waals surface area (Å²) in [5, 5.41) is 0. The number of hydrogen-bond acceptors (Lipinski definition) is 5. The summed E-state index contributed by atoms with van der Waals surface area (Å²) < 4.78 is 5.81. The SMILES string of the molecule is O=C(c1ccncc1)N1CCC[C@H](Oc2ccncn2)C1. The van der Waals surface area contributed by atoms with E-state index in [-0.39, 0.29) is 12.0 Å². The smallest absolute Gasteiger partial charge is 0.254 e. The van der Waals surface area contributed by atoms with Crippen LogP contribution in [0, 0.1) is 0 Å². The Morgan fingerprint density at radius 3 is 2.76 bits per heavy atom. The molecule has 1 aliphatic heterocycles. The zero-order chi connectivity index (χ0) is 14.5. The number of likely N-dealkylation sites (tertiary alicyclic amines) is 1. The molecule has 1 aliphatic rings. The number of rotatable bonds is 3. The van der Waals surface area contributed by atoms with E-state index in [0.29, 0.717) is 18.0 Å². The topological polar surface area (TPSA) is 68.2 Å². The number of piperidine rings is 1. The zero-order valence-electron chi connectivity index (χ0n) is 11.6. The van der Waals surface area contributed by atoms with Crippen LogP contribution in [0.15, 0.2) is 43.1 Å². The van der Waals surface area contributed by atoms with Crippen molar-refractivity contribution >= 4 is 5.91 Å². The molecule has 2 aromatic heterocycles. The van der Waals surface area contributed by atoms with E-state index >= 15 is 0 Å². The number of hydrogen-bond donors (Lipinski definition) is 0. The maximum atomic E-state index is 12.4. The Morgan fingerprint density at radius 1 is 1.19 bits per heavy atom. The summed E-state index contributed by atoms with van der Waals surface area (Å²) in [6, 6.07) is 5.19. The molecule has 1 fully saturated rings. The van der Waals surface area contributed by atoms with Crippen molar-refractivity contribution in [1.29, 1.82) is 0 Å². The van der Waals surface area contributed by atoms with E-state index in [0.717, 1.165) is 19.4 Å². The molecule has 0 spiro atoms. The highest BCUT2D eigenvalue weighted by Crippen LogP contribution is 2.17. The molecule has 6 nitrogen and oxygen atoms in total. The number of amides is 1. The highest BCUT2D eigenvalue weighted by atomic mass is 16.5. The van der Waals surface area contributed by atoms with Crippen LogP contribution in [-0.4, -0.2) is 45.0 Å². The van der Waals surface area contributed by atoms with Crippen LogP contribution in [0.3, 0.4) is 0 Å². The number of pyridine rings is 1. The largest absolute Gasteiger partial charge is 0.472 e. The van der Waals surface area contributed by atoms with Gasteiger partial charge in [-0.3, -0.25) is 9.78 Å². The summed E-state index contributed by atoms with van der Waals surface area (Å²) in [7, 11) is 0. The first-order valence-corrected chi connectivity index (χ1v) is 6.95. The second-order valence-corrected chi connectivity index (χ2v) is 4.92. The minimum atomic E-state index is -0.0283. The van der Waals surface area contributed by atoms with Crippen LogP contribution in [-0.2, 0) is 0 Å². The van der Waals surface area contributed by atoms with Crippen molar-refractivity contribution in [3.63, 3.8) is 0 Å². The van der Waals surface area contributed by atoms with Crippen LogP contribution in [0.4, 0.5) is 0 Å². The number of carbonyl (C=O) groups excluding carboxylic acids is 1. The molecule has 108 valence electrons. The van der Waals surface area contributed by atoms with Crippen LogP contribution < -0.4 is 4.74 Å². The number of carbonyl (C=O) groups is 1. The first-order valence-electron chi connectivity index (χ1n) is 6.95. The first kappa shape index (κ1) is 13.5. The second kappa shape index (κ2) is 6.30. The average molecular weight is 284 g/mol. The van der Waals surface area contributed by atoms with Crippen LogP contribution in [0.1, 0.15) is 23.2 Å². The van der Waals surface area contributed by atoms with Gasteiger partial charge < -0.3 is 9.64 Å². The summed E-state index contributed by atoms with van der Waals surface area (Å²) >= 11 is 0. The van der Waals surface area contributed by atoms with Gasteiger partial charge in [-0.1, -0.05) is 0 Å². The van der Waals surface area contributed by atoms with Gasteiger partial charge in [0.2, 0.25) is 5.88 Å². The van der Waals surface area contributed by atoms with E-state index in [4.69, 9.17) is 4.74 Å². The summed E-state index contributed by atoms with van der Waals surface area (Å²) in [4.78, 5) is 26.1. The van der Waals surface area contributed by atoms with Crippen LogP contribution in [0.25, 0.3) is 0 Å². The highest BCUT2D eigenvalue weighted by molar-refractivity contribution is 5.94. The van der Waals surface area contributed by atoms with Gasteiger partial charge in [-0.2, -0.15) is 0 Å². The van der Waals surface area contributed by atoms with Crippen molar-refractivity contribution in [1.82, 2.24) is 19.9 Å². The lowest BCUT2D eigenvalue weighted by Crippen LogP contribution is -2.44. The van der Waals surface area contributed by atoms with E-state index in [2.05, 4.69) is 15.0 Å². The molecule has 0 bridgehead atoms. The normalized spacial score (nSPS) is 18.3. The molecule has 0 radical (unpaired) electrons. The predicted octanol–water partition coefficient (Wildman–Crippen LogP) is 1.56. The van der Waals surface area contributed by atoms with Gasteiger partial charge in [0.1, 0.15) is 12.4 Å². The maximum absolute atomic E-state index is 12.4. The third-order valence-corrected chi connectivity index (χ3v) is 3.43. The summed E-state index contributed by atoms with van der Waals surface area (Å²) in [6.07, 6.45) is 8.18. The van der Waals surface area contributed by atoms with Crippen molar-refractivity contribution < 1.29 is 9.53 Å². The summed E-state index contributed by atoms with van der Waals surface area (Å²) in [6.45, 7) is 1.33. The fourth-order valence-corrected chi connectivity index (χ4v) is 2.41. The van der Waals surface area contributed by atoms with Crippen molar-refractivity contribution in [3.05, 3.63) is 48.7 Å². The molecular weight excluding hydrogens is 268 g/mol. The van der Waals surface area contributed by atoms with Gasteiger partial charge in [-0.25, -0.2) is 9.97 Å². The standard InChI is InChI=1S/C15H16N4O2/c20-15(12-3-6-16-7-4-12)19-9-1-2-13(10-19)21-14-5-8-17-11-18-14/h3-8,11,13H,1-2,9-10H2/t13-/m0/s1. The molecule has 21 heavy (non-hydrogen) atoms. The van der Waals surface area contributed by atoms with Gasteiger partial charge in [-0.15, -0.1) is 0 Å². The molecule has 3 heterocycles. The second-order valence-electron chi connectivity index (χ2n) is 4.92. The third-order valence-electron chi connectivity index (χ3n) is 3.43. The van der Waals surface area contributed by atoms with E-state index in [9.17, 15) is 4.79 Å². The van der Waals surface area contributed by atoms with Crippen molar-refractivity contribution in [2.45, 2.75) is 18.9 Å². The molecule has 1 atom stereocenters. The molecule has 3 rings (SSSR count). The van der Waals surface area contributed by atoms with E-state index < -0.39 is 0 Å². The molecule has 0 aromatic carbocycles. The molecule has 1 saturated heterocycles. The van der Waals surface area contributed by atoms with Gasteiger partial charge >= 0.3 is 0 Å². The summed E-state index contributed by atoms with van der Waals surface area (Å²) in [5.41, 5.74) is 0.660. The Morgan fingerprint density at radius 2 is 2.00 bits per heavy atom. The molecular formula is C15H16N4O2. The van der Waals surface area contributed by atoms with Gasteiger partial charge in [0.25, 0.3) is 5.91 Å². The highest BCUT2D eigenvalue weighted by Gasteiger charge is 2.25. The van der Waals surface area contributed by atoms with Crippen LogP contribution in [0.5, 0.6) is 5.88 Å². The Balaban J connectivity index is 1.64. The van der Waals surface area contributed by atoms with E-state index in [1.165, 1.54) is 6.33 Å². The fraction of sp³-hybridized carbons (Fsp3) is 0.333. The van der Waals surface area contributed by atoms with Gasteiger partial charge in [-0.05, 0) is 25.0 Å². The Hall–Kier alpha value is -2.50. The van der Waals surface area contributed by atoms with Crippen molar-refractivity contribution in [3.8, 4) is 5.88 Å². The molecule has 6 heteroatoms. The summed E-state index contributed by atoms with van der Waals surface area (Å²) in [5.74, 6) is 0.571. The Labute approximate surface area is 122 Å². The average Bonchev–Trinajstić information content (AvgIpc) is 2.56. The zero-order valence-corrected chi connectivity index (χ0v) is 11.6. The Kier molecular flexibility index (Phi) is 4.04. The predicted molar refractivity (Wildman–Crippen MR) is 75.8 cm³/mol. The maximum Gasteiger partial charge on any atom is 0.254 e. The monoisotopic (exact) mass is 284 g/mol. The fourth-order valence-electron chi connectivity index (χ4n) is 2.41. The quantitative estimate of drug-likeness (QED) is 0.855. The van der Waals surface area contributed by atoms with Crippen molar-refractivity contribution in [2.24, 2.45) is 0 Å². The molecule has 0 aliphatic carbocycles. The van der Waals surface area contributed by atoms with Gasteiger partial charge in [0, 0.05) is 36.8 Å². The van der Waals surface area contributed by atoms with Crippen molar-refractivity contribution in [2.75, 3.05) is 13.1 Å². The molecule has 2 aromatic rings. The Bertz CT molecular complexity index is 591. The lowest BCUT2D eigenvalue weighted by atomic mass is 10.1. The first-order chi connectivity index (χ1) is 10.3. The minimum absolute atomic E-state index is 0.0217. The number of ether oxygens (including phenoxy) is 1. The third kappa shape index (κ3) is 3.34. The molecule has 1 amide bonds. The number of nitrogens with zero attached hydrogens (tertiary/aromatic N) is 4. The van der Waals surface area contributed by atoms with Gasteiger partial charge in [0.15, 0.2) is 0 Å². The van der Waals surface area contributed by atoms with E-state index in [1.54, 1.807) is 36.8 Å². The lowest BCUT2D eigenvalue weighted by Gasteiger charge is -2.32. The van der Waals surface area contributed by atoms with Crippen LogP contribution >= 0.6 is 0 Å². The molecule has 0 N–H and O–H groups in total.